The maximum absolute atomic E-state index is 11.5. The first-order chi connectivity index (χ1) is 8.20. The highest BCUT2D eigenvalue weighted by atomic mass is 16.5. The zero-order valence-corrected chi connectivity index (χ0v) is 9.90. The summed E-state index contributed by atoms with van der Waals surface area (Å²) in [4.78, 5) is 11.5. The zero-order valence-electron chi connectivity index (χ0n) is 9.90. The molecule has 1 aromatic carbocycles. The van der Waals surface area contributed by atoms with E-state index in [4.69, 9.17) is 9.47 Å². The molecule has 0 aromatic heterocycles. The third kappa shape index (κ3) is 2.56. The largest absolute Gasteiger partial charge is 0.497 e. The lowest BCUT2D eigenvalue weighted by molar-refractivity contribution is -0.135. The Labute approximate surface area is 100 Å². The maximum Gasteiger partial charge on any atom is 0.315 e. The van der Waals surface area contributed by atoms with Crippen molar-refractivity contribution in [1.82, 2.24) is 0 Å². The van der Waals surface area contributed by atoms with Gasteiger partial charge in [0, 0.05) is 11.6 Å². The van der Waals surface area contributed by atoms with E-state index in [1.807, 2.05) is 31.2 Å². The number of ether oxygens (including phenoxy) is 2. The number of allylic oxidation sites excluding steroid dienone is 1. The van der Waals surface area contributed by atoms with Gasteiger partial charge in [0.25, 0.3) is 0 Å². The predicted octanol–water partition coefficient (Wildman–Crippen LogP) is 2.81. The Balaban J connectivity index is 2.43. The minimum absolute atomic E-state index is 0.231. The van der Waals surface area contributed by atoms with Gasteiger partial charge in [0.1, 0.15) is 11.5 Å². The molecule has 0 N–H and O–H groups in total. The van der Waals surface area contributed by atoms with Gasteiger partial charge in [-0.05, 0) is 18.6 Å². The van der Waals surface area contributed by atoms with Crippen molar-refractivity contribution in [3.05, 3.63) is 53.3 Å². The number of cyclic esters (lactones) is 1. The molecule has 0 aliphatic carbocycles. The number of hydrogen-bond acceptors (Lipinski definition) is 3. The summed E-state index contributed by atoms with van der Waals surface area (Å²) in [6, 6.07) is 7.77. The molecule has 0 bridgehead atoms. The summed E-state index contributed by atoms with van der Waals surface area (Å²) in [5.74, 6) is 0.916. The Bertz CT molecular complexity index is 498. The van der Waals surface area contributed by atoms with Crippen LogP contribution in [0.4, 0.5) is 0 Å². The number of esters is 1. The van der Waals surface area contributed by atoms with Crippen molar-refractivity contribution in [2.75, 3.05) is 7.11 Å². The van der Waals surface area contributed by atoms with Gasteiger partial charge in [-0.1, -0.05) is 24.3 Å². The smallest absolute Gasteiger partial charge is 0.315 e. The number of benzene rings is 1. The fourth-order valence-electron chi connectivity index (χ4n) is 1.69. The lowest BCUT2D eigenvalue weighted by Crippen LogP contribution is -2.01. The summed E-state index contributed by atoms with van der Waals surface area (Å²) in [5.41, 5.74) is 1.97. The molecular weight excluding hydrogens is 216 g/mol. The Morgan fingerprint density at radius 1 is 1.29 bits per heavy atom. The fraction of sp³-hybridized carbons (Fsp3) is 0.214. The van der Waals surface area contributed by atoms with Crippen LogP contribution >= 0.6 is 0 Å². The van der Waals surface area contributed by atoms with Gasteiger partial charge in [0.2, 0.25) is 0 Å². The highest BCUT2D eigenvalue weighted by molar-refractivity contribution is 5.82. The number of carbonyl (C=O) groups is 1. The lowest BCUT2D eigenvalue weighted by Gasteiger charge is -2.09. The summed E-state index contributed by atoms with van der Waals surface area (Å²) in [7, 11) is 1.58. The summed E-state index contributed by atoms with van der Waals surface area (Å²) in [5, 5.41) is 0. The molecule has 1 aliphatic heterocycles. The molecule has 0 unspecified atom stereocenters. The molecule has 1 heterocycles. The molecule has 1 aliphatic rings. The minimum Gasteiger partial charge on any atom is -0.497 e. The van der Waals surface area contributed by atoms with Crippen LogP contribution in [0.15, 0.2) is 42.2 Å². The normalized spacial score (nSPS) is 15.5. The van der Waals surface area contributed by atoms with Crippen LogP contribution in [-0.2, 0) is 14.3 Å². The molecule has 0 spiro atoms. The van der Waals surface area contributed by atoms with E-state index in [0.29, 0.717) is 11.5 Å². The Hall–Kier alpha value is -2.03. The van der Waals surface area contributed by atoms with Crippen LogP contribution in [0.1, 0.15) is 17.5 Å². The SMILES string of the molecule is COC1=CCC(=O)OC(c2ccccc2C)=C1. The van der Waals surface area contributed by atoms with Crippen molar-refractivity contribution in [3.63, 3.8) is 0 Å². The zero-order chi connectivity index (χ0) is 12.3. The van der Waals surface area contributed by atoms with Gasteiger partial charge in [-0.15, -0.1) is 0 Å². The molecule has 3 heteroatoms. The second-order valence-corrected chi connectivity index (χ2v) is 3.81. The minimum atomic E-state index is -0.272. The van der Waals surface area contributed by atoms with Crippen LogP contribution in [0.2, 0.25) is 0 Å². The van der Waals surface area contributed by atoms with Gasteiger partial charge in [-0.3, -0.25) is 4.79 Å². The van der Waals surface area contributed by atoms with Gasteiger partial charge < -0.3 is 9.47 Å². The van der Waals surface area contributed by atoms with E-state index in [-0.39, 0.29) is 12.4 Å². The molecule has 0 amide bonds. The maximum atomic E-state index is 11.5. The van der Waals surface area contributed by atoms with E-state index in [1.54, 1.807) is 19.3 Å². The van der Waals surface area contributed by atoms with Crippen molar-refractivity contribution in [2.45, 2.75) is 13.3 Å². The Morgan fingerprint density at radius 3 is 2.76 bits per heavy atom. The topological polar surface area (TPSA) is 35.5 Å². The van der Waals surface area contributed by atoms with Crippen LogP contribution in [0.25, 0.3) is 5.76 Å². The Kier molecular flexibility index (Phi) is 3.28. The van der Waals surface area contributed by atoms with Crippen LogP contribution in [0, 0.1) is 6.92 Å². The standard InChI is InChI=1S/C14H14O3/c1-10-5-3-4-6-12(10)13-9-11(16-2)7-8-14(15)17-13/h3-7,9H,8H2,1-2H3. The predicted molar refractivity (Wildman–Crippen MR) is 65.0 cm³/mol. The molecule has 0 atom stereocenters. The summed E-state index contributed by atoms with van der Waals surface area (Å²) < 4.78 is 10.5. The van der Waals surface area contributed by atoms with E-state index in [1.165, 1.54) is 0 Å². The molecule has 0 saturated heterocycles. The number of carbonyl (C=O) groups excluding carboxylic acids is 1. The van der Waals surface area contributed by atoms with Crippen molar-refractivity contribution < 1.29 is 14.3 Å². The van der Waals surface area contributed by atoms with E-state index in [0.717, 1.165) is 11.1 Å². The average molecular weight is 230 g/mol. The number of aryl methyl sites for hydroxylation is 1. The third-order valence-electron chi connectivity index (χ3n) is 2.61. The first kappa shape index (κ1) is 11.5. The number of hydrogen-bond donors (Lipinski definition) is 0. The summed E-state index contributed by atoms with van der Waals surface area (Å²) in [6.07, 6.45) is 3.69. The molecule has 3 nitrogen and oxygen atoms in total. The van der Waals surface area contributed by atoms with E-state index < -0.39 is 0 Å². The molecule has 2 rings (SSSR count). The third-order valence-corrected chi connectivity index (χ3v) is 2.61. The Morgan fingerprint density at radius 2 is 2.06 bits per heavy atom. The molecule has 0 radical (unpaired) electrons. The highest BCUT2D eigenvalue weighted by Gasteiger charge is 2.15. The van der Waals surface area contributed by atoms with Crippen molar-refractivity contribution in [1.29, 1.82) is 0 Å². The molecule has 1 aromatic rings. The van der Waals surface area contributed by atoms with Gasteiger partial charge in [0.05, 0.1) is 13.5 Å². The molecule has 88 valence electrons. The lowest BCUT2D eigenvalue weighted by atomic mass is 10.1. The monoisotopic (exact) mass is 230 g/mol. The van der Waals surface area contributed by atoms with Gasteiger partial charge in [-0.2, -0.15) is 0 Å². The first-order valence-electron chi connectivity index (χ1n) is 5.43. The summed E-state index contributed by atoms with van der Waals surface area (Å²) in [6.45, 7) is 1.98. The van der Waals surface area contributed by atoms with Crippen LogP contribution in [0.5, 0.6) is 0 Å². The number of rotatable bonds is 2. The molecular formula is C14H14O3. The van der Waals surface area contributed by atoms with Gasteiger partial charge in [0.15, 0.2) is 0 Å². The second-order valence-electron chi connectivity index (χ2n) is 3.81. The van der Waals surface area contributed by atoms with Crippen molar-refractivity contribution in [3.8, 4) is 0 Å². The number of methoxy groups -OCH3 is 1. The second kappa shape index (κ2) is 4.87. The van der Waals surface area contributed by atoms with E-state index in [9.17, 15) is 4.79 Å². The molecule has 0 saturated carbocycles. The van der Waals surface area contributed by atoms with Crippen LogP contribution in [0.3, 0.4) is 0 Å². The average Bonchev–Trinajstić information content (AvgIpc) is 2.51. The van der Waals surface area contributed by atoms with E-state index >= 15 is 0 Å². The molecule has 0 fully saturated rings. The van der Waals surface area contributed by atoms with E-state index in [2.05, 4.69) is 0 Å². The quantitative estimate of drug-likeness (QED) is 0.733. The van der Waals surface area contributed by atoms with Crippen LogP contribution in [-0.4, -0.2) is 13.1 Å². The summed E-state index contributed by atoms with van der Waals surface area (Å²) >= 11 is 0. The van der Waals surface area contributed by atoms with Crippen molar-refractivity contribution in [2.24, 2.45) is 0 Å². The highest BCUT2D eigenvalue weighted by Crippen LogP contribution is 2.24. The fourth-order valence-corrected chi connectivity index (χ4v) is 1.69. The van der Waals surface area contributed by atoms with Crippen molar-refractivity contribution >= 4 is 11.7 Å². The first-order valence-corrected chi connectivity index (χ1v) is 5.43. The molecule has 17 heavy (non-hydrogen) atoms. The van der Waals surface area contributed by atoms with Crippen LogP contribution < -0.4 is 0 Å². The van der Waals surface area contributed by atoms with Gasteiger partial charge >= 0.3 is 5.97 Å². The van der Waals surface area contributed by atoms with Gasteiger partial charge in [-0.25, -0.2) is 0 Å².